The SMILES string of the molecule is CCNC(CCCC(F)(F)F)c1cccs1. The van der Waals surface area contributed by atoms with Gasteiger partial charge in [0.15, 0.2) is 0 Å². The Labute approximate surface area is 97.7 Å². The van der Waals surface area contributed by atoms with Crippen molar-refractivity contribution in [1.29, 1.82) is 0 Å². The fraction of sp³-hybridized carbons (Fsp3) is 0.636. The molecule has 16 heavy (non-hydrogen) atoms. The van der Waals surface area contributed by atoms with Crippen LogP contribution in [-0.4, -0.2) is 12.7 Å². The molecule has 1 nitrogen and oxygen atoms in total. The zero-order valence-corrected chi connectivity index (χ0v) is 10.00. The van der Waals surface area contributed by atoms with Gasteiger partial charge in [0.2, 0.25) is 0 Å². The Morgan fingerprint density at radius 3 is 2.69 bits per heavy atom. The monoisotopic (exact) mass is 251 g/mol. The van der Waals surface area contributed by atoms with E-state index in [1.54, 1.807) is 11.3 Å². The molecule has 1 rings (SSSR count). The van der Waals surface area contributed by atoms with Gasteiger partial charge >= 0.3 is 6.18 Å². The van der Waals surface area contributed by atoms with Crippen LogP contribution in [0, 0.1) is 0 Å². The van der Waals surface area contributed by atoms with E-state index in [0.717, 1.165) is 11.4 Å². The molecule has 1 heterocycles. The molecule has 1 atom stereocenters. The molecule has 5 heteroatoms. The number of hydrogen-bond acceptors (Lipinski definition) is 2. The van der Waals surface area contributed by atoms with Gasteiger partial charge in [-0.25, -0.2) is 0 Å². The molecule has 0 radical (unpaired) electrons. The highest BCUT2D eigenvalue weighted by Crippen LogP contribution is 2.28. The first-order valence-corrected chi connectivity index (χ1v) is 6.24. The number of hydrogen-bond donors (Lipinski definition) is 1. The standard InChI is InChI=1S/C11H16F3NS/c1-2-15-9(10-6-4-8-16-10)5-3-7-11(12,13)14/h4,6,8-9,15H,2-3,5,7H2,1H3. The van der Waals surface area contributed by atoms with Crippen LogP contribution in [0.5, 0.6) is 0 Å². The summed E-state index contributed by atoms with van der Waals surface area (Å²) in [5.41, 5.74) is 0. The zero-order chi connectivity index (χ0) is 12.0. The van der Waals surface area contributed by atoms with E-state index in [1.165, 1.54) is 0 Å². The van der Waals surface area contributed by atoms with E-state index in [-0.39, 0.29) is 12.5 Å². The lowest BCUT2D eigenvalue weighted by atomic mass is 10.1. The van der Waals surface area contributed by atoms with Crippen LogP contribution in [-0.2, 0) is 0 Å². The van der Waals surface area contributed by atoms with Gasteiger partial charge in [0.1, 0.15) is 0 Å². The minimum atomic E-state index is -4.04. The Bertz CT molecular complexity index is 282. The summed E-state index contributed by atoms with van der Waals surface area (Å²) in [5.74, 6) is 0. The third-order valence-corrected chi connectivity index (χ3v) is 3.28. The average Bonchev–Trinajstić information content (AvgIpc) is 2.67. The summed E-state index contributed by atoms with van der Waals surface area (Å²) < 4.78 is 36.0. The molecule has 1 unspecified atom stereocenters. The summed E-state index contributed by atoms with van der Waals surface area (Å²) in [6.07, 6.45) is -4.01. The predicted molar refractivity (Wildman–Crippen MR) is 60.6 cm³/mol. The summed E-state index contributed by atoms with van der Waals surface area (Å²) in [5, 5.41) is 5.16. The van der Waals surface area contributed by atoms with Gasteiger partial charge in [0.25, 0.3) is 0 Å². The normalized spacial score (nSPS) is 14.0. The molecule has 1 aromatic rings. The number of nitrogens with one attached hydrogen (secondary N) is 1. The van der Waals surface area contributed by atoms with Crippen molar-refractivity contribution in [2.24, 2.45) is 0 Å². The van der Waals surface area contributed by atoms with Gasteiger partial charge in [-0.3, -0.25) is 0 Å². The molecule has 0 aromatic carbocycles. The van der Waals surface area contributed by atoms with Crippen molar-refractivity contribution >= 4 is 11.3 Å². The van der Waals surface area contributed by atoms with E-state index < -0.39 is 12.6 Å². The Morgan fingerprint density at radius 2 is 2.19 bits per heavy atom. The number of halogens is 3. The van der Waals surface area contributed by atoms with Crippen LogP contribution >= 0.6 is 11.3 Å². The maximum atomic E-state index is 12.0. The molecule has 0 fully saturated rings. The van der Waals surface area contributed by atoms with Gasteiger partial charge in [0.05, 0.1) is 0 Å². The smallest absolute Gasteiger partial charge is 0.310 e. The first-order chi connectivity index (χ1) is 7.53. The van der Waals surface area contributed by atoms with Crippen LogP contribution in [0.2, 0.25) is 0 Å². The van der Waals surface area contributed by atoms with Crippen molar-refractivity contribution < 1.29 is 13.2 Å². The quantitative estimate of drug-likeness (QED) is 0.801. The summed E-state index contributed by atoms with van der Waals surface area (Å²) in [6.45, 7) is 2.74. The van der Waals surface area contributed by atoms with Crippen molar-refractivity contribution in [3.8, 4) is 0 Å². The minimum Gasteiger partial charge on any atom is -0.310 e. The molecule has 0 aliphatic rings. The maximum absolute atomic E-state index is 12.0. The second-order valence-corrected chi connectivity index (χ2v) is 4.61. The van der Waals surface area contributed by atoms with Crippen LogP contribution in [0.1, 0.15) is 37.1 Å². The van der Waals surface area contributed by atoms with Crippen LogP contribution < -0.4 is 5.32 Å². The highest BCUT2D eigenvalue weighted by atomic mass is 32.1. The first-order valence-electron chi connectivity index (χ1n) is 5.36. The van der Waals surface area contributed by atoms with E-state index in [9.17, 15) is 13.2 Å². The summed E-state index contributed by atoms with van der Waals surface area (Å²) in [4.78, 5) is 1.11. The molecule has 1 aromatic heterocycles. The zero-order valence-electron chi connectivity index (χ0n) is 9.18. The van der Waals surface area contributed by atoms with Gasteiger partial charge in [-0.15, -0.1) is 11.3 Å². The summed E-state index contributed by atoms with van der Waals surface area (Å²) >= 11 is 1.59. The lowest BCUT2D eigenvalue weighted by Crippen LogP contribution is -2.20. The maximum Gasteiger partial charge on any atom is 0.389 e. The van der Waals surface area contributed by atoms with Crippen molar-refractivity contribution in [3.63, 3.8) is 0 Å². The van der Waals surface area contributed by atoms with Crippen LogP contribution in [0.25, 0.3) is 0 Å². The van der Waals surface area contributed by atoms with Crippen molar-refractivity contribution in [2.75, 3.05) is 6.54 Å². The first kappa shape index (κ1) is 13.5. The molecule has 0 saturated carbocycles. The van der Waals surface area contributed by atoms with Crippen LogP contribution in [0.15, 0.2) is 17.5 Å². The van der Waals surface area contributed by atoms with Crippen LogP contribution in [0.3, 0.4) is 0 Å². The van der Waals surface area contributed by atoms with E-state index in [2.05, 4.69) is 5.32 Å². The van der Waals surface area contributed by atoms with Gasteiger partial charge in [-0.1, -0.05) is 13.0 Å². The molecule has 0 bridgehead atoms. The fourth-order valence-corrected chi connectivity index (χ4v) is 2.42. The molecule has 0 spiro atoms. The molecule has 1 N–H and O–H groups in total. The predicted octanol–water partition coefficient (Wildman–Crippen LogP) is 4.13. The topological polar surface area (TPSA) is 12.0 Å². The Morgan fingerprint density at radius 1 is 1.44 bits per heavy atom. The second-order valence-electron chi connectivity index (χ2n) is 3.63. The van der Waals surface area contributed by atoms with Crippen LogP contribution in [0.4, 0.5) is 13.2 Å². The number of alkyl halides is 3. The fourth-order valence-electron chi connectivity index (χ4n) is 1.59. The minimum absolute atomic E-state index is 0.0624. The van der Waals surface area contributed by atoms with Gasteiger partial charge in [0, 0.05) is 17.3 Å². The van der Waals surface area contributed by atoms with E-state index >= 15 is 0 Å². The van der Waals surface area contributed by atoms with Gasteiger partial charge in [-0.2, -0.15) is 13.2 Å². The summed E-state index contributed by atoms with van der Waals surface area (Å²) in [6, 6.07) is 3.95. The van der Waals surface area contributed by atoms with Gasteiger partial charge in [-0.05, 0) is 30.8 Å². The van der Waals surface area contributed by atoms with E-state index in [4.69, 9.17) is 0 Å². The molecule has 0 aliphatic heterocycles. The largest absolute Gasteiger partial charge is 0.389 e. The Kier molecular flexibility index (Phi) is 5.28. The van der Waals surface area contributed by atoms with Gasteiger partial charge < -0.3 is 5.32 Å². The molecular formula is C11H16F3NS. The lowest BCUT2D eigenvalue weighted by molar-refractivity contribution is -0.135. The molecule has 0 saturated heterocycles. The highest BCUT2D eigenvalue weighted by Gasteiger charge is 2.26. The number of thiophene rings is 1. The van der Waals surface area contributed by atoms with Crippen molar-refractivity contribution in [2.45, 2.75) is 38.4 Å². The summed E-state index contributed by atoms with van der Waals surface area (Å²) in [7, 11) is 0. The number of rotatable bonds is 6. The van der Waals surface area contributed by atoms with E-state index in [0.29, 0.717) is 6.42 Å². The van der Waals surface area contributed by atoms with E-state index in [1.807, 2.05) is 24.4 Å². The highest BCUT2D eigenvalue weighted by molar-refractivity contribution is 7.10. The second kappa shape index (κ2) is 6.25. The molecule has 0 amide bonds. The third-order valence-electron chi connectivity index (χ3n) is 2.29. The molecule has 0 aliphatic carbocycles. The lowest BCUT2D eigenvalue weighted by Gasteiger charge is -2.16. The van der Waals surface area contributed by atoms with Crippen molar-refractivity contribution in [3.05, 3.63) is 22.4 Å². The molecular weight excluding hydrogens is 235 g/mol. The Hall–Kier alpha value is -0.550. The van der Waals surface area contributed by atoms with Crippen molar-refractivity contribution in [1.82, 2.24) is 5.32 Å². The molecule has 92 valence electrons. The third kappa shape index (κ3) is 4.99. The average molecular weight is 251 g/mol. The Balaban J connectivity index is 2.41.